The summed E-state index contributed by atoms with van der Waals surface area (Å²) in [7, 11) is 1.53. The second-order valence-electron chi connectivity index (χ2n) is 7.39. The molecule has 154 valence electrons. The van der Waals surface area contributed by atoms with Crippen LogP contribution in [0.1, 0.15) is 22.9 Å². The molecule has 0 aliphatic rings. The van der Waals surface area contributed by atoms with Crippen LogP contribution >= 0.6 is 0 Å². The van der Waals surface area contributed by atoms with Crippen LogP contribution in [-0.2, 0) is 7.05 Å². The number of fused-ring (bicyclic) bond motifs is 1. The van der Waals surface area contributed by atoms with Crippen LogP contribution < -0.4 is 5.69 Å². The summed E-state index contributed by atoms with van der Waals surface area (Å²) in [4.78, 5) is 12.4. The van der Waals surface area contributed by atoms with Crippen molar-refractivity contribution in [3.63, 3.8) is 0 Å². The summed E-state index contributed by atoms with van der Waals surface area (Å²) in [6.45, 7) is 1.88. The first kappa shape index (κ1) is 19.0. The van der Waals surface area contributed by atoms with Crippen molar-refractivity contribution in [1.29, 1.82) is 0 Å². The Hall–Kier alpha value is -4.04. The maximum Gasteiger partial charge on any atom is 0.368 e. The summed E-state index contributed by atoms with van der Waals surface area (Å²) < 4.78 is 4.09. The smallest absolute Gasteiger partial charge is 0.368 e. The molecule has 0 saturated carbocycles. The molecule has 5 rings (SSSR count). The number of rotatable bonds is 4. The summed E-state index contributed by atoms with van der Waals surface area (Å²) in [6.07, 6.45) is 0.786. The quantitative estimate of drug-likeness (QED) is 0.490. The standard InChI is InChI=1S/C23H20N6O2/c1-15-7-5-12-20(29-23(31)27(2)25-26-29)21(15)22(30)18-13-14-28(24-18)19-11-6-9-16-8-3-4-10-17(16)19/h3-14,22,30H,1-2H3. The van der Waals surface area contributed by atoms with Gasteiger partial charge in [-0.05, 0) is 46.5 Å². The Balaban J connectivity index is 1.60. The van der Waals surface area contributed by atoms with Crippen LogP contribution in [0.3, 0.4) is 0 Å². The Kier molecular flexibility index (Phi) is 4.48. The molecule has 5 aromatic rings. The fourth-order valence-corrected chi connectivity index (χ4v) is 3.84. The normalized spacial score (nSPS) is 12.4. The van der Waals surface area contributed by atoms with E-state index in [-0.39, 0.29) is 5.69 Å². The van der Waals surface area contributed by atoms with E-state index in [9.17, 15) is 9.90 Å². The summed E-state index contributed by atoms with van der Waals surface area (Å²) >= 11 is 0. The minimum atomic E-state index is -1.04. The maximum atomic E-state index is 12.4. The third kappa shape index (κ3) is 3.13. The Morgan fingerprint density at radius 1 is 0.903 bits per heavy atom. The van der Waals surface area contributed by atoms with Gasteiger partial charge < -0.3 is 5.11 Å². The summed E-state index contributed by atoms with van der Waals surface area (Å²) in [5.74, 6) is 0. The van der Waals surface area contributed by atoms with Gasteiger partial charge in [-0.3, -0.25) is 0 Å². The minimum absolute atomic E-state index is 0.389. The number of benzene rings is 3. The Morgan fingerprint density at radius 3 is 2.45 bits per heavy atom. The lowest BCUT2D eigenvalue weighted by Gasteiger charge is -2.16. The third-order valence-electron chi connectivity index (χ3n) is 5.43. The summed E-state index contributed by atoms with van der Waals surface area (Å²) in [5.41, 5.74) is 2.87. The van der Waals surface area contributed by atoms with Gasteiger partial charge in [-0.1, -0.05) is 48.5 Å². The largest absolute Gasteiger partial charge is 0.382 e. The molecule has 0 fully saturated rings. The van der Waals surface area contributed by atoms with Gasteiger partial charge in [0.15, 0.2) is 0 Å². The topological polar surface area (TPSA) is 90.8 Å². The average Bonchev–Trinajstić information content (AvgIpc) is 3.40. The van der Waals surface area contributed by atoms with Crippen LogP contribution in [0.4, 0.5) is 0 Å². The van der Waals surface area contributed by atoms with Gasteiger partial charge in [0, 0.05) is 24.2 Å². The number of aromatic nitrogens is 6. The number of aliphatic hydroxyl groups is 1. The molecule has 0 amide bonds. The van der Waals surface area contributed by atoms with Crippen molar-refractivity contribution in [1.82, 2.24) is 29.6 Å². The van der Waals surface area contributed by atoms with E-state index in [1.54, 1.807) is 16.8 Å². The number of aryl methyl sites for hydroxylation is 2. The zero-order valence-electron chi connectivity index (χ0n) is 17.0. The van der Waals surface area contributed by atoms with Crippen LogP contribution in [0.25, 0.3) is 22.1 Å². The van der Waals surface area contributed by atoms with E-state index in [4.69, 9.17) is 0 Å². The number of tetrazole rings is 1. The van der Waals surface area contributed by atoms with Crippen LogP contribution in [-0.4, -0.2) is 34.7 Å². The molecule has 0 aliphatic heterocycles. The van der Waals surface area contributed by atoms with Crippen LogP contribution in [0.2, 0.25) is 0 Å². The van der Waals surface area contributed by atoms with Crippen molar-refractivity contribution < 1.29 is 5.11 Å². The number of hydrogen-bond donors (Lipinski definition) is 1. The van der Waals surface area contributed by atoms with E-state index in [0.717, 1.165) is 26.7 Å². The van der Waals surface area contributed by atoms with Crippen molar-refractivity contribution in [2.24, 2.45) is 7.05 Å². The second kappa shape index (κ2) is 7.33. The molecule has 0 radical (unpaired) electrons. The highest BCUT2D eigenvalue weighted by Crippen LogP contribution is 2.30. The fraction of sp³-hybridized carbons (Fsp3) is 0.130. The molecule has 1 unspecified atom stereocenters. The SMILES string of the molecule is Cc1cccc(-n2nnn(C)c2=O)c1C(O)c1ccn(-c2cccc3ccccc23)n1. The lowest BCUT2D eigenvalue weighted by Crippen LogP contribution is -2.23. The van der Waals surface area contributed by atoms with E-state index in [1.165, 1.54) is 11.7 Å². The Morgan fingerprint density at radius 2 is 1.65 bits per heavy atom. The van der Waals surface area contributed by atoms with Crippen molar-refractivity contribution in [2.45, 2.75) is 13.0 Å². The van der Waals surface area contributed by atoms with Crippen molar-refractivity contribution in [3.05, 3.63) is 100 Å². The summed E-state index contributed by atoms with van der Waals surface area (Å²) in [5, 5.41) is 25.8. The molecule has 1 N–H and O–H groups in total. The Bertz CT molecular complexity index is 1460. The fourth-order valence-electron chi connectivity index (χ4n) is 3.84. The van der Waals surface area contributed by atoms with Crippen molar-refractivity contribution >= 4 is 10.8 Å². The van der Waals surface area contributed by atoms with Gasteiger partial charge in [0.2, 0.25) is 0 Å². The first-order valence-corrected chi connectivity index (χ1v) is 9.85. The molecular formula is C23H20N6O2. The highest BCUT2D eigenvalue weighted by atomic mass is 16.3. The van der Waals surface area contributed by atoms with E-state index < -0.39 is 6.10 Å². The van der Waals surface area contributed by atoms with Gasteiger partial charge in [-0.2, -0.15) is 14.5 Å². The molecule has 8 nitrogen and oxygen atoms in total. The third-order valence-corrected chi connectivity index (χ3v) is 5.43. The lowest BCUT2D eigenvalue weighted by molar-refractivity contribution is 0.213. The van der Waals surface area contributed by atoms with E-state index in [2.05, 4.69) is 27.7 Å². The summed E-state index contributed by atoms with van der Waals surface area (Å²) in [6, 6.07) is 21.3. The maximum absolute atomic E-state index is 12.4. The highest BCUT2D eigenvalue weighted by Gasteiger charge is 2.22. The number of hydrogen-bond acceptors (Lipinski definition) is 5. The predicted molar refractivity (Wildman–Crippen MR) is 116 cm³/mol. The van der Waals surface area contributed by atoms with Crippen LogP contribution in [0.15, 0.2) is 77.7 Å². The first-order chi connectivity index (χ1) is 15.0. The molecule has 2 aromatic heterocycles. The molecule has 0 aliphatic carbocycles. The van der Waals surface area contributed by atoms with Crippen molar-refractivity contribution in [2.75, 3.05) is 0 Å². The monoisotopic (exact) mass is 412 g/mol. The van der Waals surface area contributed by atoms with Crippen LogP contribution in [0.5, 0.6) is 0 Å². The molecule has 1 atom stereocenters. The average molecular weight is 412 g/mol. The molecule has 0 spiro atoms. The number of nitrogens with zero attached hydrogens (tertiary/aromatic N) is 6. The molecule has 31 heavy (non-hydrogen) atoms. The zero-order chi connectivity index (χ0) is 21.5. The highest BCUT2D eigenvalue weighted by molar-refractivity contribution is 5.89. The van der Waals surface area contributed by atoms with Gasteiger partial charge in [0.05, 0.1) is 17.1 Å². The predicted octanol–water partition coefficient (Wildman–Crippen LogP) is 2.70. The molecule has 3 aromatic carbocycles. The minimum Gasteiger partial charge on any atom is -0.382 e. The lowest BCUT2D eigenvalue weighted by atomic mass is 9.99. The van der Waals surface area contributed by atoms with Gasteiger partial charge in [0.25, 0.3) is 0 Å². The molecule has 0 bridgehead atoms. The molecule has 0 saturated heterocycles. The van der Waals surface area contributed by atoms with Gasteiger partial charge in [0.1, 0.15) is 6.10 Å². The van der Waals surface area contributed by atoms with E-state index in [0.29, 0.717) is 16.9 Å². The Labute approximate surface area is 177 Å². The van der Waals surface area contributed by atoms with Gasteiger partial charge in [-0.25, -0.2) is 9.48 Å². The second-order valence-corrected chi connectivity index (χ2v) is 7.39. The van der Waals surface area contributed by atoms with E-state index >= 15 is 0 Å². The zero-order valence-corrected chi connectivity index (χ0v) is 17.0. The number of aliphatic hydroxyl groups excluding tert-OH is 1. The van der Waals surface area contributed by atoms with Gasteiger partial charge in [-0.15, -0.1) is 0 Å². The van der Waals surface area contributed by atoms with Crippen molar-refractivity contribution in [3.8, 4) is 11.4 Å². The van der Waals surface area contributed by atoms with Gasteiger partial charge >= 0.3 is 5.69 Å². The molecular weight excluding hydrogens is 392 g/mol. The van der Waals surface area contributed by atoms with Crippen LogP contribution in [0, 0.1) is 6.92 Å². The molecule has 2 heterocycles. The first-order valence-electron chi connectivity index (χ1n) is 9.85. The van der Waals surface area contributed by atoms with E-state index in [1.807, 2.05) is 55.6 Å². The molecule has 8 heteroatoms.